The Morgan fingerprint density at radius 2 is 2.33 bits per heavy atom. The average molecular weight is 274 g/mol. The number of aldehydes is 1. The third kappa shape index (κ3) is 2.92. The highest BCUT2D eigenvalue weighted by atomic mass is 79.9. The monoisotopic (exact) mass is 273 g/mol. The van der Waals surface area contributed by atoms with E-state index in [0.29, 0.717) is 0 Å². The highest BCUT2D eigenvalue weighted by molar-refractivity contribution is 9.10. The molecule has 0 aliphatic rings. The van der Waals surface area contributed by atoms with Crippen LogP contribution in [0.5, 0.6) is 0 Å². The lowest BCUT2D eigenvalue weighted by Crippen LogP contribution is -2.08. The second kappa shape index (κ2) is 6.08. The average Bonchev–Trinajstić information content (AvgIpc) is 2.55. The summed E-state index contributed by atoms with van der Waals surface area (Å²) in [5.41, 5.74) is 1.91. The molecule has 1 rings (SSSR count). The van der Waals surface area contributed by atoms with E-state index in [9.17, 15) is 4.79 Å². The van der Waals surface area contributed by atoms with Gasteiger partial charge >= 0.3 is 0 Å². The Morgan fingerprint density at radius 3 is 2.87 bits per heavy atom. The highest BCUT2D eigenvalue weighted by Crippen LogP contribution is 2.22. The van der Waals surface area contributed by atoms with Crippen molar-refractivity contribution < 1.29 is 9.53 Å². The lowest BCUT2D eigenvalue weighted by atomic mass is 10.3. The van der Waals surface area contributed by atoms with Gasteiger partial charge in [-0.25, -0.2) is 0 Å². The molecule has 84 valence electrons. The molecule has 0 saturated heterocycles. The van der Waals surface area contributed by atoms with Gasteiger partial charge in [0, 0.05) is 30.4 Å². The van der Waals surface area contributed by atoms with Crippen LogP contribution in [0.1, 0.15) is 29.5 Å². The first-order valence-corrected chi connectivity index (χ1v) is 5.85. The summed E-state index contributed by atoms with van der Waals surface area (Å²) in [5, 5.41) is 0. The highest BCUT2D eigenvalue weighted by Gasteiger charge is 2.10. The Labute approximate surface area is 98.5 Å². The number of carbonyl (C=O) groups is 1. The summed E-state index contributed by atoms with van der Waals surface area (Å²) in [5.74, 6) is 0. The molecule has 0 aromatic carbocycles. The lowest BCUT2D eigenvalue weighted by Gasteiger charge is -2.09. The molecule has 1 aromatic heterocycles. The Bertz CT molecular complexity index is 334. The molecular formula is C11H16BrNO2. The molecule has 0 radical (unpaired) electrons. The maximum atomic E-state index is 10.9. The number of hydrogen-bond acceptors (Lipinski definition) is 2. The zero-order chi connectivity index (χ0) is 11.3. The molecule has 0 atom stereocenters. The van der Waals surface area contributed by atoms with E-state index in [-0.39, 0.29) is 0 Å². The maximum Gasteiger partial charge on any atom is 0.166 e. The molecule has 15 heavy (non-hydrogen) atoms. The summed E-state index contributed by atoms with van der Waals surface area (Å²) in [7, 11) is 1.69. The summed E-state index contributed by atoms with van der Waals surface area (Å²) in [4.78, 5) is 10.9. The van der Waals surface area contributed by atoms with Gasteiger partial charge in [-0.05, 0) is 34.8 Å². The van der Waals surface area contributed by atoms with Crippen LogP contribution in [0.25, 0.3) is 0 Å². The van der Waals surface area contributed by atoms with E-state index in [1.165, 1.54) is 5.69 Å². The first kappa shape index (κ1) is 12.5. The summed E-state index contributed by atoms with van der Waals surface area (Å²) in [6, 6.07) is 1.87. The van der Waals surface area contributed by atoms with Crippen molar-refractivity contribution in [2.45, 2.75) is 26.3 Å². The van der Waals surface area contributed by atoms with Gasteiger partial charge in [-0.2, -0.15) is 0 Å². The van der Waals surface area contributed by atoms with Gasteiger partial charge in [-0.15, -0.1) is 0 Å². The number of rotatable bonds is 6. The Hall–Kier alpha value is -0.610. The minimum absolute atomic E-state index is 0.719. The smallest absolute Gasteiger partial charge is 0.166 e. The zero-order valence-corrected chi connectivity index (χ0v) is 10.7. The van der Waals surface area contributed by atoms with Gasteiger partial charge in [0.15, 0.2) is 6.29 Å². The maximum absolute atomic E-state index is 10.9. The molecule has 0 unspecified atom stereocenters. The number of ether oxygens (including phenoxy) is 1. The van der Waals surface area contributed by atoms with Crippen molar-refractivity contribution in [2.75, 3.05) is 13.7 Å². The second-order valence-electron chi connectivity index (χ2n) is 3.33. The van der Waals surface area contributed by atoms with E-state index in [1.807, 2.05) is 6.07 Å². The predicted molar refractivity (Wildman–Crippen MR) is 63.4 cm³/mol. The SMILES string of the molecule is CCc1c(Br)cc(C=O)n1CCCOC. The fraction of sp³-hybridized carbons (Fsp3) is 0.545. The van der Waals surface area contributed by atoms with Crippen molar-refractivity contribution in [3.8, 4) is 0 Å². The van der Waals surface area contributed by atoms with E-state index in [4.69, 9.17) is 4.74 Å². The third-order valence-corrected chi connectivity index (χ3v) is 3.06. The normalized spacial score (nSPS) is 10.6. The Morgan fingerprint density at radius 1 is 1.60 bits per heavy atom. The molecule has 0 aliphatic carbocycles. The molecule has 1 heterocycles. The van der Waals surface area contributed by atoms with E-state index < -0.39 is 0 Å². The fourth-order valence-corrected chi connectivity index (χ4v) is 2.39. The minimum atomic E-state index is 0.719. The van der Waals surface area contributed by atoms with Crippen LogP contribution in [-0.2, 0) is 17.7 Å². The number of methoxy groups -OCH3 is 1. The molecule has 0 N–H and O–H groups in total. The summed E-state index contributed by atoms with van der Waals surface area (Å²) >= 11 is 3.47. The number of halogens is 1. The van der Waals surface area contributed by atoms with Crippen molar-refractivity contribution in [3.05, 3.63) is 21.9 Å². The van der Waals surface area contributed by atoms with Crippen LogP contribution in [-0.4, -0.2) is 24.6 Å². The second-order valence-corrected chi connectivity index (χ2v) is 4.19. The zero-order valence-electron chi connectivity index (χ0n) is 9.12. The summed E-state index contributed by atoms with van der Waals surface area (Å²) in [6.07, 6.45) is 2.74. The van der Waals surface area contributed by atoms with Gasteiger partial charge in [-0.1, -0.05) is 6.92 Å². The van der Waals surface area contributed by atoms with Gasteiger partial charge in [0.1, 0.15) is 0 Å². The van der Waals surface area contributed by atoms with Crippen LogP contribution in [0.3, 0.4) is 0 Å². The van der Waals surface area contributed by atoms with Crippen molar-refractivity contribution in [1.82, 2.24) is 4.57 Å². The van der Waals surface area contributed by atoms with Crippen LogP contribution in [0.2, 0.25) is 0 Å². The van der Waals surface area contributed by atoms with Crippen LogP contribution in [0, 0.1) is 0 Å². The van der Waals surface area contributed by atoms with Crippen LogP contribution in [0.15, 0.2) is 10.5 Å². The number of nitrogens with zero attached hydrogens (tertiary/aromatic N) is 1. The van der Waals surface area contributed by atoms with Gasteiger partial charge < -0.3 is 9.30 Å². The van der Waals surface area contributed by atoms with E-state index in [0.717, 1.165) is 42.4 Å². The summed E-state index contributed by atoms with van der Waals surface area (Å²) < 4.78 is 8.07. The van der Waals surface area contributed by atoms with Gasteiger partial charge in [-0.3, -0.25) is 4.79 Å². The third-order valence-electron chi connectivity index (χ3n) is 2.37. The van der Waals surface area contributed by atoms with Crippen LogP contribution in [0.4, 0.5) is 0 Å². The van der Waals surface area contributed by atoms with E-state index in [1.54, 1.807) is 7.11 Å². The minimum Gasteiger partial charge on any atom is -0.385 e. The van der Waals surface area contributed by atoms with Gasteiger partial charge in [0.05, 0.1) is 5.69 Å². The first-order valence-electron chi connectivity index (χ1n) is 5.06. The number of hydrogen-bond donors (Lipinski definition) is 0. The molecule has 0 fully saturated rings. The fourth-order valence-electron chi connectivity index (χ4n) is 1.66. The number of carbonyl (C=O) groups excluding carboxylic acids is 1. The van der Waals surface area contributed by atoms with E-state index >= 15 is 0 Å². The van der Waals surface area contributed by atoms with Gasteiger partial charge in [0.25, 0.3) is 0 Å². The molecule has 0 bridgehead atoms. The molecule has 0 saturated carbocycles. The largest absolute Gasteiger partial charge is 0.385 e. The standard InChI is InChI=1S/C11H16BrNO2/c1-3-11-10(12)7-9(8-14)13(11)5-4-6-15-2/h7-8H,3-6H2,1-2H3. The van der Waals surface area contributed by atoms with Crippen molar-refractivity contribution in [2.24, 2.45) is 0 Å². The molecule has 3 nitrogen and oxygen atoms in total. The van der Waals surface area contributed by atoms with Crippen molar-refractivity contribution in [3.63, 3.8) is 0 Å². The number of aromatic nitrogens is 1. The molecule has 0 amide bonds. The van der Waals surface area contributed by atoms with Gasteiger partial charge in [0.2, 0.25) is 0 Å². The summed E-state index contributed by atoms with van der Waals surface area (Å²) in [6.45, 7) is 3.63. The molecule has 0 aliphatic heterocycles. The molecule has 0 spiro atoms. The Balaban J connectivity index is 2.86. The van der Waals surface area contributed by atoms with Crippen LogP contribution >= 0.6 is 15.9 Å². The molecule has 4 heteroatoms. The molecule has 1 aromatic rings. The van der Waals surface area contributed by atoms with E-state index in [2.05, 4.69) is 27.4 Å². The van der Waals surface area contributed by atoms with Crippen molar-refractivity contribution >= 4 is 22.2 Å². The predicted octanol–water partition coefficient (Wildman–Crippen LogP) is 2.66. The Kier molecular flexibility index (Phi) is 5.05. The first-order chi connectivity index (χ1) is 7.24. The van der Waals surface area contributed by atoms with Crippen LogP contribution < -0.4 is 0 Å². The van der Waals surface area contributed by atoms with Crippen molar-refractivity contribution in [1.29, 1.82) is 0 Å². The quantitative estimate of drug-likeness (QED) is 0.590. The topological polar surface area (TPSA) is 31.2 Å². The lowest BCUT2D eigenvalue weighted by molar-refractivity contribution is 0.111. The molecular weight excluding hydrogens is 258 g/mol.